The first kappa shape index (κ1) is 13.5. The molecular weight excluding hydrogens is 218 g/mol. The largest absolute Gasteiger partial charge is 0.391 e. The first-order valence-electron chi connectivity index (χ1n) is 5.83. The number of likely N-dealkylation sites (N-methyl/N-ethyl adjacent to an activating group) is 1. The van der Waals surface area contributed by atoms with Gasteiger partial charge in [0.1, 0.15) is 5.69 Å². The van der Waals surface area contributed by atoms with E-state index in [0.29, 0.717) is 18.4 Å². The van der Waals surface area contributed by atoms with Crippen molar-refractivity contribution in [2.75, 3.05) is 31.2 Å². The molecule has 4 N–H and O–H groups in total. The number of hydrogen-bond acceptors (Lipinski definition) is 5. The van der Waals surface area contributed by atoms with Crippen molar-refractivity contribution in [1.82, 2.24) is 14.9 Å². The van der Waals surface area contributed by atoms with Crippen LogP contribution in [0.1, 0.15) is 20.3 Å². The zero-order valence-electron chi connectivity index (χ0n) is 10.7. The minimum atomic E-state index is -0.308. The average molecular weight is 239 g/mol. The van der Waals surface area contributed by atoms with Gasteiger partial charge in [-0.15, -0.1) is 0 Å². The molecule has 1 aromatic rings. The molecule has 0 aliphatic rings. The highest BCUT2D eigenvalue weighted by Crippen LogP contribution is 2.06. The summed E-state index contributed by atoms with van der Waals surface area (Å²) in [7, 11) is 2.07. The number of nitrogens with two attached hydrogens (primary N) is 1. The third kappa shape index (κ3) is 3.74. The van der Waals surface area contributed by atoms with Gasteiger partial charge in [-0.3, -0.25) is 4.79 Å². The molecule has 1 atom stereocenters. The van der Waals surface area contributed by atoms with Crippen LogP contribution in [0.4, 0.5) is 11.5 Å². The van der Waals surface area contributed by atoms with Gasteiger partial charge in [-0.2, -0.15) is 0 Å². The summed E-state index contributed by atoms with van der Waals surface area (Å²) in [5.74, 6) is 0.450. The van der Waals surface area contributed by atoms with E-state index in [0.717, 1.165) is 13.0 Å². The fourth-order valence-corrected chi connectivity index (χ4v) is 1.43. The molecule has 0 aliphatic heterocycles. The summed E-state index contributed by atoms with van der Waals surface area (Å²) in [6.07, 6.45) is 2.46. The molecule has 0 fully saturated rings. The molecular formula is C11H21N5O. The minimum absolute atomic E-state index is 0.138. The molecule has 0 aliphatic carbocycles. The predicted octanol–water partition coefficient (Wildman–Crippen LogP) is 0.494. The van der Waals surface area contributed by atoms with Crippen molar-refractivity contribution >= 4 is 11.5 Å². The third-order valence-electron chi connectivity index (χ3n) is 2.99. The van der Waals surface area contributed by atoms with E-state index in [2.05, 4.69) is 41.1 Å². The molecule has 0 saturated carbocycles. The fourth-order valence-electron chi connectivity index (χ4n) is 1.43. The molecule has 1 unspecified atom stereocenters. The molecule has 0 radical (unpaired) electrons. The second-order valence-electron chi connectivity index (χ2n) is 4.16. The maximum Gasteiger partial charge on any atom is 0.276 e. The summed E-state index contributed by atoms with van der Waals surface area (Å²) in [4.78, 5) is 19.9. The zero-order chi connectivity index (χ0) is 12.8. The van der Waals surface area contributed by atoms with Gasteiger partial charge in [-0.1, -0.05) is 6.92 Å². The summed E-state index contributed by atoms with van der Waals surface area (Å²) < 4.78 is 0. The average Bonchev–Trinajstić information content (AvgIpc) is 2.33. The van der Waals surface area contributed by atoms with Crippen LogP contribution >= 0.6 is 0 Å². The van der Waals surface area contributed by atoms with Crippen molar-refractivity contribution in [3.63, 3.8) is 0 Å². The summed E-state index contributed by atoms with van der Waals surface area (Å²) in [6, 6.07) is 0.543. The molecule has 17 heavy (non-hydrogen) atoms. The van der Waals surface area contributed by atoms with Crippen molar-refractivity contribution < 1.29 is 0 Å². The van der Waals surface area contributed by atoms with Gasteiger partial charge in [-0.05, 0) is 20.4 Å². The van der Waals surface area contributed by atoms with Crippen LogP contribution in [0, 0.1) is 0 Å². The van der Waals surface area contributed by atoms with E-state index in [1.807, 2.05) is 0 Å². The number of rotatable bonds is 6. The lowest BCUT2D eigenvalue weighted by Gasteiger charge is -2.23. The zero-order valence-corrected chi connectivity index (χ0v) is 10.7. The molecule has 6 nitrogen and oxygen atoms in total. The highest BCUT2D eigenvalue weighted by molar-refractivity contribution is 5.58. The van der Waals surface area contributed by atoms with Gasteiger partial charge in [0.05, 0.1) is 6.33 Å². The van der Waals surface area contributed by atoms with Crippen LogP contribution in [0.15, 0.2) is 11.1 Å². The number of H-pyrrole nitrogens is 1. The van der Waals surface area contributed by atoms with Crippen LogP contribution < -0.4 is 16.6 Å². The summed E-state index contributed by atoms with van der Waals surface area (Å²) in [5, 5.41) is 3.07. The lowest BCUT2D eigenvalue weighted by molar-refractivity contribution is 0.261. The van der Waals surface area contributed by atoms with Gasteiger partial charge in [0.15, 0.2) is 5.82 Å². The van der Waals surface area contributed by atoms with Gasteiger partial charge in [-0.25, -0.2) is 4.98 Å². The van der Waals surface area contributed by atoms with E-state index >= 15 is 0 Å². The molecule has 6 heteroatoms. The highest BCUT2D eigenvalue weighted by atomic mass is 16.1. The molecule has 1 rings (SSSR count). The number of aromatic amines is 1. The Morgan fingerprint density at radius 1 is 1.65 bits per heavy atom. The first-order valence-corrected chi connectivity index (χ1v) is 5.83. The van der Waals surface area contributed by atoms with E-state index in [-0.39, 0.29) is 11.2 Å². The second-order valence-corrected chi connectivity index (χ2v) is 4.16. The van der Waals surface area contributed by atoms with Crippen LogP contribution in [0.25, 0.3) is 0 Å². The predicted molar refractivity (Wildman–Crippen MR) is 70.1 cm³/mol. The molecule has 0 spiro atoms. The minimum Gasteiger partial charge on any atom is -0.391 e. The lowest BCUT2D eigenvalue weighted by atomic mass is 10.2. The number of nitrogen functional groups attached to an aromatic ring is 1. The van der Waals surface area contributed by atoms with Gasteiger partial charge in [0, 0.05) is 19.1 Å². The Morgan fingerprint density at radius 3 is 3.00 bits per heavy atom. The number of nitrogens with zero attached hydrogens (tertiary/aromatic N) is 2. The topological polar surface area (TPSA) is 87.0 Å². The van der Waals surface area contributed by atoms with E-state index in [1.54, 1.807) is 0 Å². The Morgan fingerprint density at radius 2 is 2.35 bits per heavy atom. The number of hydrogen-bond donors (Lipinski definition) is 3. The van der Waals surface area contributed by atoms with Crippen molar-refractivity contribution in [3.05, 3.63) is 16.7 Å². The van der Waals surface area contributed by atoms with Crippen LogP contribution in [0.3, 0.4) is 0 Å². The summed E-state index contributed by atoms with van der Waals surface area (Å²) >= 11 is 0. The highest BCUT2D eigenvalue weighted by Gasteiger charge is 2.07. The van der Waals surface area contributed by atoms with Crippen LogP contribution in [-0.2, 0) is 0 Å². The monoisotopic (exact) mass is 239 g/mol. The number of nitrogens with one attached hydrogen (secondary N) is 2. The Kier molecular flexibility index (Phi) is 4.96. The Balaban J connectivity index is 2.46. The van der Waals surface area contributed by atoms with E-state index in [1.165, 1.54) is 6.33 Å². The van der Waals surface area contributed by atoms with Gasteiger partial charge < -0.3 is 20.9 Å². The number of aromatic nitrogens is 2. The van der Waals surface area contributed by atoms with Crippen molar-refractivity contribution in [1.29, 1.82) is 0 Å². The number of anilines is 2. The first-order chi connectivity index (χ1) is 8.06. The summed E-state index contributed by atoms with van der Waals surface area (Å²) in [6.45, 7) is 5.93. The van der Waals surface area contributed by atoms with Crippen LogP contribution in [-0.4, -0.2) is 41.0 Å². The molecule has 0 amide bonds. The van der Waals surface area contributed by atoms with Crippen molar-refractivity contribution in [2.45, 2.75) is 26.3 Å². The van der Waals surface area contributed by atoms with Gasteiger partial charge in [0.2, 0.25) is 0 Å². The quantitative estimate of drug-likeness (QED) is 0.672. The molecule has 0 saturated heterocycles. The SMILES string of the molecule is CCC(C)N(C)CCNc1nc[nH]c(=O)c1N. The van der Waals surface area contributed by atoms with Crippen molar-refractivity contribution in [3.8, 4) is 0 Å². The standard InChI is InChI=1S/C11H21N5O/c1-4-8(2)16(3)6-5-13-10-9(12)11(17)15-7-14-10/h7-8H,4-6,12H2,1-3H3,(H2,13,14,15,17). The maximum absolute atomic E-state index is 11.2. The fraction of sp³-hybridized carbons (Fsp3) is 0.636. The Bertz CT molecular complexity index is 403. The second kappa shape index (κ2) is 6.24. The van der Waals surface area contributed by atoms with Crippen molar-refractivity contribution in [2.24, 2.45) is 0 Å². The molecule has 0 aromatic carbocycles. The summed E-state index contributed by atoms with van der Waals surface area (Å²) in [5.41, 5.74) is 5.43. The van der Waals surface area contributed by atoms with E-state index in [9.17, 15) is 4.79 Å². The Hall–Kier alpha value is -1.56. The van der Waals surface area contributed by atoms with Gasteiger partial charge >= 0.3 is 0 Å². The Labute approximate surface area is 101 Å². The van der Waals surface area contributed by atoms with E-state index in [4.69, 9.17) is 5.73 Å². The van der Waals surface area contributed by atoms with E-state index < -0.39 is 0 Å². The molecule has 96 valence electrons. The van der Waals surface area contributed by atoms with Crippen LogP contribution in [0.5, 0.6) is 0 Å². The lowest BCUT2D eigenvalue weighted by Crippen LogP contribution is -2.33. The third-order valence-corrected chi connectivity index (χ3v) is 2.99. The molecule has 1 aromatic heterocycles. The smallest absolute Gasteiger partial charge is 0.276 e. The normalized spacial score (nSPS) is 12.7. The molecule has 1 heterocycles. The maximum atomic E-state index is 11.2. The molecule has 0 bridgehead atoms. The van der Waals surface area contributed by atoms with Crippen LogP contribution in [0.2, 0.25) is 0 Å². The van der Waals surface area contributed by atoms with Gasteiger partial charge in [0.25, 0.3) is 5.56 Å².